The highest BCUT2D eigenvalue weighted by molar-refractivity contribution is 9.11. The Morgan fingerprint density at radius 2 is 1.95 bits per heavy atom. The van der Waals surface area contributed by atoms with Crippen LogP contribution in [0.1, 0.15) is 56.3 Å². The van der Waals surface area contributed by atoms with Gasteiger partial charge in [0, 0.05) is 15.5 Å². The molecule has 1 aromatic rings. The van der Waals surface area contributed by atoms with Crippen molar-refractivity contribution in [1.29, 1.82) is 0 Å². The lowest BCUT2D eigenvalue weighted by Gasteiger charge is -2.31. The van der Waals surface area contributed by atoms with Gasteiger partial charge in [-0.15, -0.1) is 0 Å². The molecule has 0 aliphatic heterocycles. The quantitative estimate of drug-likeness (QED) is 0.669. The van der Waals surface area contributed by atoms with Gasteiger partial charge in [-0.25, -0.2) is 0 Å². The number of hydrogen-bond acceptors (Lipinski definition) is 1. The SMILES string of the molecule is CC(C)CC1(CNC(=O)c2ccc(Br)cc2Br)CCCC1. The second-order valence-electron chi connectivity index (χ2n) is 6.61. The largest absolute Gasteiger partial charge is 0.351 e. The van der Waals surface area contributed by atoms with Crippen LogP contribution in [0.5, 0.6) is 0 Å². The molecule has 2 rings (SSSR count). The Hall–Kier alpha value is -0.350. The van der Waals surface area contributed by atoms with Crippen LogP contribution >= 0.6 is 31.9 Å². The molecule has 0 heterocycles. The Bertz CT molecular complexity index is 508. The van der Waals surface area contributed by atoms with E-state index in [4.69, 9.17) is 0 Å². The summed E-state index contributed by atoms with van der Waals surface area (Å²) in [6.07, 6.45) is 6.28. The molecule has 2 nitrogen and oxygen atoms in total. The van der Waals surface area contributed by atoms with E-state index in [1.54, 1.807) is 0 Å². The minimum atomic E-state index is 0.0180. The van der Waals surface area contributed by atoms with Gasteiger partial charge < -0.3 is 5.32 Å². The van der Waals surface area contributed by atoms with Crippen LogP contribution in [-0.4, -0.2) is 12.5 Å². The Balaban J connectivity index is 2.02. The number of carbonyl (C=O) groups excluding carboxylic acids is 1. The molecule has 0 radical (unpaired) electrons. The molecule has 0 unspecified atom stereocenters. The molecular weight excluding hydrogens is 394 g/mol. The maximum absolute atomic E-state index is 12.4. The third kappa shape index (κ3) is 4.56. The minimum Gasteiger partial charge on any atom is -0.351 e. The molecule has 1 saturated carbocycles. The maximum Gasteiger partial charge on any atom is 0.252 e. The lowest BCUT2D eigenvalue weighted by Crippen LogP contribution is -2.37. The molecule has 0 bridgehead atoms. The van der Waals surface area contributed by atoms with Crippen molar-refractivity contribution in [3.8, 4) is 0 Å². The molecule has 1 aliphatic rings. The van der Waals surface area contributed by atoms with Crippen molar-refractivity contribution in [3.63, 3.8) is 0 Å². The van der Waals surface area contributed by atoms with Crippen molar-refractivity contribution in [2.24, 2.45) is 11.3 Å². The monoisotopic (exact) mass is 415 g/mol. The van der Waals surface area contributed by atoms with E-state index in [0.29, 0.717) is 16.9 Å². The number of hydrogen-bond donors (Lipinski definition) is 1. The van der Waals surface area contributed by atoms with Gasteiger partial charge in [-0.1, -0.05) is 42.6 Å². The van der Waals surface area contributed by atoms with Gasteiger partial charge in [0.2, 0.25) is 0 Å². The number of benzene rings is 1. The Kier molecular flexibility index (Phi) is 5.89. The summed E-state index contributed by atoms with van der Waals surface area (Å²) in [7, 11) is 0. The van der Waals surface area contributed by atoms with Crippen LogP contribution in [-0.2, 0) is 0 Å². The van der Waals surface area contributed by atoms with Crippen LogP contribution in [0.25, 0.3) is 0 Å². The summed E-state index contributed by atoms with van der Waals surface area (Å²) < 4.78 is 1.80. The maximum atomic E-state index is 12.4. The van der Waals surface area contributed by atoms with E-state index in [1.165, 1.54) is 32.1 Å². The van der Waals surface area contributed by atoms with Crippen LogP contribution in [0.15, 0.2) is 27.1 Å². The summed E-state index contributed by atoms with van der Waals surface area (Å²) in [6, 6.07) is 5.67. The minimum absolute atomic E-state index is 0.0180. The third-order valence-corrected chi connectivity index (χ3v) is 5.45. The molecule has 0 spiro atoms. The average Bonchev–Trinajstić information content (AvgIpc) is 2.84. The van der Waals surface area contributed by atoms with Crippen molar-refractivity contribution in [2.45, 2.75) is 46.0 Å². The lowest BCUT2D eigenvalue weighted by molar-refractivity contribution is 0.0921. The molecule has 0 atom stereocenters. The fraction of sp³-hybridized carbons (Fsp3) is 0.588. The number of halogens is 2. The first-order valence-corrected chi connectivity index (χ1v) is 9.24. The molecule has 1 N–H and O–H groups in total. The predicted molar refractivity (Wildman–Crippen MR) is 94.5 cm³/mol. The average molecular weight is 417 g/mol. The van der Waals surface area contributed by atoms with Gasteiger partial charge in [0.15, 0.2) is 0 Å². The van der Waals surface area contributed by atoms with E-state index in [2.05, 4.69) is 51.0 Å². The fourth-order valence-electron chi connectivity index (χ4n) is 3.48. The van der Waals surface area contributed by atoms with Crippen LogP contribution < -0.4 is 5.32 Å². The molecule has 4 heteroatoms. The number of rotatable bonds is 5. The van der Waals surface area contributed by atoms with Gasteiger partial charge in [-0.3, -0.25) is 4.79 Å². The zero-order valence-corrected chi connectivity index (χ0v) is 15.9. The van der Waals surface area contributed by atoms with Crippen molar-refractivity contribution in [2.75, 3.05) is 6.54 Å². The predicted octanol–water partition coefficient (Wildman–Crippen LogP) is 5.55. The standard InChI is InChI=1S/C17H23Br2NO/c1-12(2)10-17(7-3-4-8-17)11-20-16(21)14-6-5-13(18)9-15(14)19/h5-6,9,12H,3-4,7-8,10-11H2,1-2H3,(H,20,21). The van der Waals surface area contributed by atoms with E-state index in [9.17, 15) is 4.79 Å². The Labute approximate surface area is 144 Å². The summed E-state index contributed by atoms with van der Waals surface area (Å²) in [4.78, 5) is 12.4. The zero-order valence-electron chi connectivity index (χ0n) is 12.7. The van der Waals surface area contributed by atoms with Crippen LogP contribution in [0, 0.1) is 11.3 Å². The molecule has 1 fully saturated rings. The Morgan fingerprint density at radius 1 is 1.29 bits per heavy atom. The van der Waals surface area contributed by atoms with Crippen molar-refractivity contribution in [1.82, 2.24) is 5.32 Å². The van der Waals surface area contributed by atoms with Gasteiger partial charge in [-0.05, 0) is 64.7 Å². The van der Waals surface area contributed by atoms with Gasteiger partial charge in [0.05, 0.1) is 5.56 Å². The highest BCUT2D eigenvalue weighted by Crippen LogP contribution is 2.42. The van der Waals surface area contributed by atoms with Crippen molar-refractivity contribution < 1.29 is 4.79 Å². The number of nitrogens with one attached hydrogen (secondary N) is 1. The van der Waals surface area contributed by atoms with Crippen LogP contribution in [0.4, 0.5) is 0 Å². The van der Waals surface area contributed by atoms with Gasteiger partial charge >= 0.3 is 0 Å². The van der Waals surface area contributed by atoms with E-state index >= 15 is 0 Å². The molecule has 0 saturated heterocycles. The second-order valence-corrected chi connectivity index (χ2v) is 8.38. The highest BCUT2D eigenvalue weighted by Gasteiger charge is 2.34. The smallest absolute Gasteiger partial charge is 0.252 e. The first-order valence-electron chi connectivity index (χ1n) is 7.65. The van der Waals surface area contributed by atoms with Gasteiger partial charge in [0.25, 0.3) is 5.91 Å². The Morgan fingerprint density at radius 3 is 2.52 bits per heavy atom. The normalized spacial score (nSPS) is 17.2. The van der Waals surface area contributed by atoms with E-state index in [-0.39, 0.29) is 5.91 Å². The molecule has 1 aliphatic carbocycles. The first-order chi connectivity index (χ1) is 9.92. The number of carbonyl (C=O) groups is 1. The molecule has 116 valence electrons. The summed E-state index contributed by atoms with van der Waals surface area (Å²) in [6.45, 7) is 5.34. The molecule has 0 aromatic heterocycles. The van der Waals surface area contributed by atoms with Crippen molar-refractivity contribution in [3.05, 3.63) is 32.7 Å². The summed E-state index contributed by atoms with van der Waals surface area (Å²) in [5.41, 5.74) is 1.02. The molecule has 21 heavy (non-hydrogen) atoms. The first kappa shape index (κ1) is 17.0. The lowest BCUT2D eigenvalue weighted by atomic mass is 9.78. The van der Waals surface area contributed by atoms with E-state index in [1.807, 2.05) is 18.2 Å². The molecular formula is C17H23Br2NO. The van der Waals surface area contributed by atoms with E-state index in [0.717, 1.165) is 15.5 Å². The van der Waals surface area contributed by atoms with Gasteiger partial charge in [0.1, 0.15) is 0 Å². The summed E-state index contributed by atoms with van der Waals surface area (Å²) >= 11 is 6.88. The molecule has 1 aromatic carbocycles. The second kappa shape index (κ2) is 7.28. The highest BCUT2D eigenvalue weighted by atomic mass is 79.9. The summed E-state index contributed by atoms with van der Waals surface area (Å²) in [5, 5.41) is 3.16. The number of amides is 1. The third-order valence-electron chi connectivity index (χ3n) is 4.31. The van der Waals surface area contributed by atoms with Crippen LogP contribution in [0.3, 0.4) is 0 Å². The molecule has 1 amide bonds. The van der Waals surface area contributed by atoms with Crippen molar-refractivity contribution >= 4 is 37.8 Å². The van der Waals surface area contributed by atoms with Gasteiger partial charge in [-0.2, -0.15) is 0 Å². The topological polar surface area (TPSA) is 29.1 Å². The fourth-order valence-corrected chi connectivity index (χ4v) is 4.71. The zero-order chi connectivity index (χ0) is 15.5. The van der Waals surface area contributed by atoms with E-state index < -0.39 is 0 Å². The summed E-state index contributed by atoms with van der Waals surface area (Å²) in [5.74, 6) is 0.698. The van der Waals surface area contributed by atoms with Crippen LogP contribution in [0.2, 0.25) is 0 Å².